The van der Waals surface area contributed by atoms with Crippen molar-refractivity contribution in [3.05, 3.63) is 42.6 Å². The summed E-state index contributed by atoms with van der Waals surface area (Å²) in [6.45, 7) is 3.58. The second-order valence-electron chi connectivity index (χ2n) is 1.84. The first-order valence-corrected chi connectivity index (χ1v) is 10.1. The van der Waals surface area contributed by atoms with E-state index in [0.29, 0.717) is 12.0 Å². The molecular weight excluding hydrogens is 260 g/mol. The second kappa shape index (κ2) is 6.93. The Balaban J connectivity index is 0.000000461. The van der Waals surface area contributed by atoms with Crippen LogP contribution in [0.25, 0.3) is 0 Å². The first-order valence-electron chi connectivity index (χ1n) is 3.14. The van der Waals surface area contributed by atoms with Gasteiger partial charge in [0.15, 0.2) is 0 Å². The van der Waals surface area contributed by atoms with Crippen LogP contribution in [-0.2, 0) is 22.8 Å². The van der Waals surface area contributed by atoms with E-state index >= 15 is 0 Å². The van der Waals surface area contributed by atoms with Gasteiger partial charge in [0, 0.05) is 0 Å². The van der Waals surface area contributed by atoms with Crippen molar-refractivity contribution in [2.24, 2.45) is 0 Å². The molecule has 0 aliphatic rings. The quantitative estimate of drug-likeness (QED) is 0.542. The summed E-state index contributed by atoms with van der Waals surface area (Å²) in [5, 5.41) is 0. The molecule has 0 spiro atoms. The van der Waals surface area contributed by atoms with Crippen LogP contribution in [-0.4, -0.2) is 0 Å². The van der Waals surface area contributed by atoms with E-state index in [1.165, 1.54) is 22.4 Å². The summed E-state index contributed by atoms with van der Waals surface area (Å²) in [6, 6.07) is 6.67. The molecule has 0 unspecified atom stereocenters. The molecule has 0 aliphatic carbocycles. The van der Waals surface area contributed by atoms with Crippen molar-refractivity contribution in [3.8, 4) is 0 Å². The van der Waals surface area contributed by atoms with Crippen LogP contribution in [0.4, 0.5) is 4.39 Å². The van der Waals surface area contributed by atoms with Crippen molar-refractivity contribution in [1.29, 1.82) is 0 Å². The summed E-state index contributed by atoms with van der Waals surface area (Å²) in [6.07, 6.45) is 0.521. The molecule has 0 heterocycles. The van der Waals surface area contributed by atoms with Crippen molar-refractivity contribution in [2.75, 3.05) is 0 Å². The standard InChI is InChI=1S/C8H8F.BrH.Zn/c1-2-7-5-3-4-6-8(7)9;;/h3-6H,1-2H2;1H;/q-1;;+2/p-1. The Labute approximate surface area is 83.2 Å². The zero-order valence-electron chi connectivity index (χ0n) is 6.19. The van der Waals surface area contributed by atoms with E-state index in [0.717, 1.165) is 0 Å². The van der Waals surface area contributed by atoms with Crippen molar-refractivity contribution in [3.63, 3.8) is 0 Å². The molecular formula is C8H8BrFZn. The van der Waals surface area contributed by atoms with E-state index in [-0.39, 0.29) is 5.82 Å². The number of benzene rings is 1. The van der Waals surface area contributed by atoms with E-state index in [4.69, 9.17) is 0 Å². The molecule has 0 atom stereocenters. The van der Waals surface area contributed by atoms with Crippen LogP contribution in [0.15, 0.2) is 24.3 Å². The molecule has 0 radical (unpaired) electrons. The molecule has 3 heteroatoms. The Hall–Kier alpha value is 0.253. The van der Waals surface area contributed by atoms with Gasteiger partial charge in [0.05, 0.1) is 0 Å². The van der Waals surface area contributed by atoms with Gasteiger partial charge < -0.3 is 6.92 Å². The number of hydrogen-bond acceptors (Lipinski definition) is 0. The Bertz CT molecular complexity index is 203. The van der Waals surface area contributed by atoms with Gasteiger partial charge in [-0.15, -0.1) is 0 Å². The molecule has 1 aromatic rings. The fourth-order valence-corrected chi connectivity index (χ4v) is 0.701. The Kier molecular flexibility index (Phi) is 7.09. The van der Waals surface area contributed by atoms with E-state index in [1.807, 2.05) is 6.07 Å². The zero-order valence-corrected chi connectivity index (χ0v) is 10.7. The van der Waals surface area contributed by atoms with Gasteiger partial charge >= 0.3 is 30.0 Å². The average molecular weight is 268 g/mol. The minimum atomic E-state index is -0.160. The maximum atomic E-state index is 12.5. The molecule has 0 aliphatic heterocycles. The molecule has 0 amide bonds. The van der Waals surface area contributed by atoms with Gasteiger partial charge in [-0.1, -0.05) is 18.2 Å². The molecule has 11 heavy (non-hydrogen) atoms. The van der Waals surface area contributed by atoms with E-state index in [1.54, 1.807) is 12.1 Å². The van der Waals surface area contributed by atoms with Crippen LogP contribution in [0.3, 0.4) is 0 Å². The monoisotopic (exact) mass is 266 g/mol. The van der Waals surface area contributed by atoms with E-state index in [9.17, 15) is 4.39 Å². The first kappa shape index (κ1) is 11.3. The third kappa shape index (κ3) is 3.98. The van der Waals surface area contributed by atoms with Crippen LogP contribution >= 0.6 is 13.6 Å². The molecule has 1 aromatic carbocycles. The molecule has 0 aromatic heterocycles. The Morgan fingerprint density at radius 3 is 2.27 bits per heavy atom. The van der Waals surface area contributed by atoms with Gasteiger partial charge in [0.25, 0.3) is 0 Å². The summed E-state index contributed by atoms with van der Waals surface area (Å²) in [5.74, 6) is -0.160. The van der Waals surface area contributed by atoms with Gasteiger partial charge in [-0.05, 0) is 11.6 Å². The van der Waals surface area contributed by atoms with Gasteiger partial charge in [-0.3, -0.25) is 0 Å². The molecule has 0 fully saturated rings. The van der Waals surface area contributed by atoms with Gasteiger partial charge in [0.1, 0.15) is 5.82 Å². The Morgan fingerprint density at radius 1 is 1.36 bits per heavy atom. The number of hydrogen-bond donors (Lipinski definition) is 0. The summed E-state index contributed by atoms with van der Waals surface area (Å²) in [4.78, 5) is 0. The fourth-order valence-electron chi connectivity index (χ4n) is 0.701. The van der Waals surface area contributed by atoms with Gasteiger partial charge in [-0.25, -0.2) is 4.39 Å². The molecule has 0 bridgehead atoms. The van der Waals surface area contributed by atoms with Crippen molar-refractivity contribution in [2.45, 2.75) is 6.42 Å². The first-order chi connectivity index (χ1) is 5.34. The summed E-state index contributed by atoms with van der Waals surface area (Å²) >= 11 is 4.25. The van der Waals surface area contributed by atoms with Crippen LogP contribution < -0.4 is 0 Å². The predicted molar refractivity (Wildman–Crippen MR) is 44.4 cm³/mol. The topological polar surface area (TPSA) is 0 Å². The summed E-state index contributed by atoms with van der Waals surface area (Å²) < 4.78 is 12.5. The SMILES string of the molecule is [CH2-]Cc1ccccc1F.[Zn+][Br]. The second-order valence-corrected chi connectivity index (χ2v) is 1.84. The van der Waals surface area contributed by atoms with Crippen molar-refractivity contribution in [1.82, 2.24) is 0 Å². The third-order valence-corrected chi connectivity index (χ3v) is 1.23. The minimum absolute atomic E-state index is 0.160. The average Bonchev–Trinajstić information content (AvgIpc) is 2.09. The molecule has 1 rings (SSSR count). The third-order valence-electron chi connectivity index (χ3n) is 1.23. The zero-order chi connectivity index (χ0) is 8.69. The molecule has 0 saturated heterocycles. The summed E-state index contributed by atoms with van der Waals surface area (Å²) in [5.41, 5.74) is 0.678. The molecule has 0 nitrogen and oxygen atoms in total. The molecule has 0 N–H and O–H groups in total. The van der Waals surface area contributed by atoms with Gasteiger partial charge in [0.2, 0.25) is 0 Å². The molecule has 0 saturated carbocycles. The van der Waals surface area contributed by atoms with Crippen LogP contribution in [0.1, 0.15) is 5.56 Å². The van der Waals surface area contributed by atoms with Gasteiger partial charge in [-0.2, -0.15) is 6.42 Å². The van der Waals surface area contributed by atoms with Crippen molar-refractivity contribution >= 4 is 13.6 Å². The predicted octanol–water partition coefficient (Wildman–Crippen LogP) is 3.05. The Morgan fingerprint density at radius 2 is 1.91 bits per heavy atom. The number of halogens is 2. The van der Waals surface area contributed by atoms with E-state index < -0.39 is 0 Å². The van der Waals surface area contributed by atoms with Crippen molar-refractivity contribution < 1.29 is 20.7 Å². The van der Waals surface area contributed by atoms with Crippen LogP contribution in [0, 0.1) is 12.7 Å². The fraction of sp³-hybridized carbons (Fsp3) is 0.125. The number of rotatable bonds is 1. The normalized spacial score (nSPS) is 8.45. The van der Waals surface area contributed by atoms with E-state index in [2.05, 4.69) is 20.5 Å². The van der Waals surface area contributed by atoms with Crippen LogP contribution in [0.2, 0.25) is 0 Å². The summed E-state index contributed by atoms with van der Waals surface area (Å²) in [7, 11) is 0. The molecule has 56 valence electrons. The van der Waals surface area contributed by atoms with Crippen LogP contribution in [0.5, 0.6) is 0 Å². The maximum absolute atomic E-state index is 12.5.